The van der Waals surface area contributed by atoms with E-state index < -0.39 is 0 Å². The summed E-state index contributed by atoms with van der Waals surface area (Å²) in [7, 11) is 0. The number of aryl methyl sites for hydroxylation is 3. The van der Waals surface area contributed by atoms with Gasteiger partial charge in [-0.25, -0.2) is 0 Å². The van der Waals surface area contributed by atoms with Crippen molar-refractivity contribution in [3.63, 3.8) is 0 Å². The number of benzene rings is 1. The molecule has 0 saturated heterocycles. The molecule has 0 atom stereocenters. The van der Waals surface area contributed by atoms with Gasteiger partial charge in [-0.05, 0) is 76.2 Å². The van der Waals surface area contributed by atoms with E-state index in [0.29, 0.717) is 5.11 Å². The van der Waals surface area contributed by atoms with Crippen LogP contribution in [0, 0.1) is 27.7 Å². The summed E-state index contributed by atoms with van der Waals surface area (Å²) in [6.45, 7) is 11.2. The number of thiocarbonyl (C=S) groups is 1. The predicted octanol–water partition coefficient (Wildman–Crippen LogP) is 3.53. The summed E-state index contributed by atoms with van der Waals surface area (Å²) in [4.78, 5) is 0. The van der Waals surface area contributed by atoms with Gasteiger partial charge in [0.1, 0.15) is 0 Å². The second-order valence-corrected chi connectivity index (χ2v) is 6.15. The van der Waals surface area contributed by atoms with Crippen LogP contribution in [0.3, 0.4) is 0 Å². The van der Waals surface area contributed by atoms with Crippen molar-refractivity contribution in [2.24, 2.45) is 5.10 Å². The van der Waals surface area contributed by atoms with E-state index in [1.807, 2.05) is 13.1 Å². The van der Waals surface area contributed by atoms with Gasteiger partial charge >= 0.3 is 0 Å². The highest BCUT2D eigenvalue weighted by Crippen LogP contribution is 2.21. The molecule has 1 aromatic carbocycles. The van der Waals surface area contributed by atoms with Crippen molar-refractivity contribution in [2.45, 2.75) is 34.6 Å². The van der Waals surface area contributed by atoms with Crippen LogP contribution >= 0.6 is 12.2 Å². The molecule has 2 rings (SSSR count). The van der Waals surface area contributed by atoms with Gasteiger partial charge in [-0.1, -0.05) is 6.07 Å². The summed E-state index contributed by atoms with van der Waals surface area (Å²) >= 11 is 5.10. The number of nitrogens with one attached hydrogen (secondary N) is 2. The highest BCUT2D eigenvalue weighted by atomic mass is 32.1. The Bertz CT molecular complexity index is 723. The Balaban J connectivity index is 2.29. The minimum absolute atomic E-state index is 0.534. The van der Waals surface area contributed by atoms with Gasteiger partial charge < -0.3 is 9.88 Å². The van der Waals surface area contributed by atoms with Gasteiger partial charge in [0.15, 0.2) is 5.11 Å². The van der Waals surface area contributed by atoms with Gasteiger partial charge in [0, 0.05) is 29.2 Å². The number of hydrazone groups is 1. The molecule has 0 aliphatic carbocycles. The smallest absolute Gasteiger partial charge is 0.186 e. The van der Waals surface area contributed by atoms with Crippen LogP contribution in [-0.2, 0) is 0 Å². The minimum Gasteiger partial charge on any atom is -0.362 e. The molecule has 0 bridgehead atoms. The summed E-state index contributed by atoms with van der Waals surface area (Å²) in [6.07, 6.45) is 1.81. The molecule has 4 nitrogen and oxygen atoms in total. The van der Waals surface area contributed by atoms with Crippen molar-refractivity contribution in [2.75, 3.05) is 6.54 Å². The van der Waals surface area contributed by atoms with Gasteiger partial charge in [0.2, 0.25) is 0 Å². The molecule has 0 saturated carbocycles. The molecule has 0 radical (unpaired) electrons. The van der Waals surface area contributed by atoms with Crippen LogP contribution < -0.4 is 10.7 Å². The fourth-order valence-corrected chi connectivity index (χ4v) is 2.95. The number of aromatic nitrogens is 1. The summed E-state index contributed by atoms with van der Waals surface area (Å²) in [5.41, 5.74) is 9.96. The first-order valence-electron chi connectivity index (χ1n) is 7.77. The van der Waals surface area contributed by atoms with Crippen LogP contribution in [0.25, 0.3) is 5.69 Å². The minimum atomic E-state index is 0.534. The average molecular weight is 328 g/mol. The Morgan fingerprint density at radius 2 is 1.78 bits per heavy atom. The number of rotatable bonds is 4. The van der Waals surface area contributed by atoms with Crippen molar-refractivity contribution in [3.05, 3.63) is 52.3 Å². The maximum Gasteiger partial charge on any atom is 0.186 e. The van der Waals surface area contributed by atoms with E-state index in [2.05, 4.69) is 72.4 Å². The van der Waals surface area contributed by atoms with Gasteiger partial charge in [-0.15, -0.1) is 0 Å². The largest absolute Gasteiger partial charge is 0.362 e. The van der Waals surface area contributed by atoms with Crippen LogP contribution in [0.15, 0.2) is 29.4 Å². The first-order chi connectivity index (χ1) is 10.9. The van der Waals surface area contributed by atoms with E-state index >= 15 is 0 Å². The quantitative estimate of drug-likeness (QED) is 0.512. The summed E-state index contributed by atoms with van der Waals surface area (Å²) in [6, 6.07) is 8.72. The molecule has 0 aliphatic rings. The van der Waals surface area contributed by atoms with E-state index in [1.54, 1.807) is 0 Å². The lowest BCUT2D eigenvalue weighted by molar-refractivity contribution is 0.903. The molecule has 0 amide bonds. The van der Waals surface area contributed by atoms with Crippen molar-refractivity contribution in [3.8, 4) is 5.69 Å². The molecule has 0 fully saturated rings. The third-order valence-electron chi connectivity index (χ3n) is 3.64. The average Bonchev–Trinajstić information content (AvgIpc) is 2.72. The summed E-state index contributed by atoms with van der Waals surface area (Å²) in [5, 5.41) is 7.75. The first-order valence-corrected chi connectivity index (χ1v) is 8.17. The predicted molar refractivity (Wildman–Crippen MR) is 102 cm³/mol. The van der Waals surface area contributed by atoms with Crippen LogP contribution in [0.1, 0.15) is 35.0 Å². The maximum absolute atomic E-state index is 5.10. The summed E-state index contributed by atoms with van der Waals surface area (Å²) in [5.74, 6) is 0. The van der Waals surface area contributed by atoms with Crippen LogP contribution in [0.4, 0.5) is 0 Å². The first kappa shape index (κ1) is 17.2. The normalized spacial score (nSPS) is 11.0. The van der Waals surface area contributed by atoms with Gasteiger partial charge in [0.25, 0.3) is 0 Å². The molecule has 2 N–H and O–H groups in total. The monoisotopic (exact) mass is 328 g/mol. The fraction of sp³-hybridized carbons (Fsp3) is 0.333. The molecule has 5 heteroatoms. The van der Waals surface area contributed by atoms with Gasteiger partial charge in [0.05, 0.1) is 6.21 Å². The topological polar surface area (TPSA) is 41.4 Å². The molecule has 2 aromatic rings. The number of hydrogen-bond acceptors (Lipinski definition) is 2. The fourth-order valence-electron chi connectivity index (χ4n) is 2.76. The molecule has 0 aliphatic heterocycles. The molecule has 0 spiro atoms. The molecular weight excluding hydrogens is 304 g/mol. The third-order valence-corrected chi connectivity index (χ3v) is 3.88. The molecule has 0 unspecified atom stereocenters. The van der Waals surface area contributed by atoms with Crippen molar-refractivity contribution in [1.82, 2.24) is 15.3 Å². The molecule has 1 aromatic heterocycles. The Hall–Kier alpha value is -2.14. The Morgan fingerprint density at radius 3 is 2.39 bits per heavy atom. The maximum atomic E-state index is 5.10. The van der Waals surface area contributed by atoms with E-state index in [4.69, 9.17) is 12.2 Å². The van der Waals surface area contributed by atoms with Crippen LogP contribution in [0.5, 0.6) is 0 Å². The standard InChI is InChI=1S/C18H24N4S/c1-6-19-18(23)21-20-11-16-10-14(4)22(15(16)5)17-8-12(2)7-13(3)9-17/h7-11H,6H2,1-5H3,(H2,19,21,23). The molecule has 122 valence electrons. The third kappa shape index (κ3) is 4.20. The molecule has 23 heavy (non-hydrogen) atoms. The lowest BCUT2D eigenvalue weighted by atomic mass is 10.1. The zero-order valence-corrected chi connectivity index (χ0v) is 15.2. The van der Waals surface area contributed by atoms with Gasteiger partial charge in [-0.2, -0.15) is 5.10 Å². The Morgan fingerprint density at radius 1 is 1.13 bits per heavy atom. The van der Waals surface area contributed by atoms with Crippen LogP contribution in [-0.4, -0.2) is 22.4 Å². The molecular formula is C18H24N4S. The second-order valence-electron chi connectivity index (χ2n) is 5.74. The van der Waals surface area contributed by atoms with Crippen molar-refractivity contribution in [1.29, 1.82) is 0 Å². The highest BCUT2D eigenvalue weighted by molar-refractivity contribution is 7.80. The zero-order chi connectivity index (χ0) is 17.0. The van der Waals surface area contributed by atoms with E-state index in [0.717, 1.165) is 17.8 Å². The summed E-state index contributed by atoms with van der Waals surface area (Å²) < 4.78 is 2.25. The Labute approximate surface area is 143 Å². The van der Waals surface area contributed by atoms with Crippen molar-refractivity contribution < 1.29 is 0 Å². The zero-order valence-electron chi connectivity index (χ0n) is 14.4. The highest BCUT2D eigenvalue weighted by Gasteiger charge is 2.10. The van der Waals surface area contributed by atoms with E-state index in [1.165, 1.54) is 22.5 Å². The number of hydrogen-bond donors (Lipinski definition) is 2. The second kappa shape index (κ2) is 7.42. The van der Waals surface area contributed by atoms with Gasteiger partial charge in [-0.3, -0.25) is 5.43 Å². The van der Waals surface area contributed by atoms with E-state index in [9.17, 15) is 0 Å². The lowest BCUT2D eigenvalue weighted by Gasteiger charge is -2.11. The van der Waals surface area contributed by atoms with Crippen LogP contribution in [0.2, 0.25) is 0 Å². The SMILES string of the molecule is CCNC(=S)NN=Cc1cc(C)n(-c2cc(C)cc(C)c2)c1C. The lowest BCUT2D eigenvalue weighted by Crippen LogP contribution is -2.31. The Kier molecular flexibility index (Phi) is 5.55. The molecule has 1 heterocycles. The van der Waals surface area contributed by atoms with Crippen molar-refractivity contribution >= 4 is 23.5 Å². The van der Waals surface area contributed by atoms with E-state index in [-0.39, 0.29) is 0 Å². The number of nitrogens with zero attached hydrogens (tertiary/aromatic N) is 2.